The summed E-state index contributed by atoms with van der Waals surface area (Å²) in [6.07, 6.45) is 0. The van der Waals surface area contributed by atoms with Gasteiger partial charge in [0.25, 0.3) is 10.0 Å². The summed E-state index contributed by atoms with van der Waals surface area (Å²) in [5.41, 5.74) is 8.83. The largest absolute Gasteiger partial charge is 0.264 e. The minimum Gasteiger partial charge on any atom is -0.216 e. The van der Waals surface area contributed by atoms with Crippen molar-refractivity contribution in [3.8, 4) is 0 Å². The average molecular weight is 255 g/mol. The second kappa shape index (κ2) is 6.93. The molecule has 5 nitrogen and oxygen atoms in total. The van der Waals surface area contributed by atoms with Crippen LogP contribution in [0, 0.1) is 0 Å². The van der Waals surface area contributed by atoms with Crippen LogP contribution in [0.3, 0.4) is 0 Å². The van der Waals surface area contributed by atoms with Crippen molar-refractivity contribution in [1.82, 2.24) is 0 Å². The zero-order valence-electron chi connectivity index (χ0n) is 10.5. The van der Waals surface area contributed by atoms with Crippen molar-refractivity contribution in [2.75, 3.05) is 0 Å². The molecule has 0 aliphatic carbocycles. The van der Waals surface area contributed by atoms with E-state index in [1.807, 2.05) is 27.7 Å². The van der Waals surface area contributed by atoms with Crippen LogP contribution in [0.5, 0.6) is 0 Å². The summed E-state index contributed by atoms with van der Waals surface area (Å²) in [7, 11) is -3.88. The van der Waals surface area contributed by atoms with Gasteiger partial charge in [-0.05, 0) is 23.1 Å². The van der Waals surface area contributed by atoms with Crippen LogP contribution < -0.4 is 0 Å². The summed E-state index contributed by atoms with van der Waals surface area (Å²) in [6, 6.07) is 6.51. The maximum atomic E-state index is 11.5. The van der Waals surface area contributed by atoms with Crippen LogP contribution in [-0.2, 0) is 10.0 Å². The predicted octanol–water partition coefficient (Wildman–Crippen LogP) is 3.84. The van der Waals surface area contributed by atoms with Crippen LogP contribution in [0.4, 0.5) is 0 Å². The smallest absolute Gasteiger partial charge is 0.216 e. The first-order valence-corrected chi connectivity index (χ1v) is 6.83. The molecule has 0 N–H and O–H groups in total. The fourth-order valence-electron chi connectivity index (χ4n) is 1.28. The highest BCUT2D eigenvalue weighted by molar-refractivity contribution is 7.90. The highest BCUT2D eigenvalue weighted by atomic mass is 32.2. The van der Waals surface area contributed by atoms with E-state index in [1.165, 1.54) is 6.07 Å². The Bertz CT molecular complexity index is 503. The Hall–Kier alpha value is -1.52. The summed E-state index contributed by atoms with van der Waals surface area (Å²) in [6.45, 7) is 7.76. The Labute approximate surface area is 102 Å². The molecule has 1 rings (SSSR count). The Morgan fingerprint density at radius 3 is 2.24 bits per heavy atom. The van der Waals surface area contributed by atoms with Gasteiger partial charge in [-0.1, -0.05) is 45.9 Å². The van der Waals surface area contributed by atoms with Gasteiger partial charge in [0.2, 0.25) is 0 Å². The maximum Gasteiger partial charge on any atom is 0.264 e. The molecule has 0 saturated heterocycles. The average Bonchev–Trinajstić information content (AvgIpc) is 2.31. The molecule has 1 aromatic rings. The van der Waals surface area contributed by atoms with Gasteiger partial charge in [0, 0.05) is 9.43 Å². The van der Waals surface area contributed by atoms with E-state index in [2.05, 4.69) is 9.43 Å². The van der Waals surface area contributed by atoms with Gasteiger partial charge in [-0.25, -0.2) is 8.42 Å². The molecule has 0 spiro atoms. The highest BCUT2D eigenvalue weighted by Crippen LogP contribution is 2.24. The van der Waals surface area contributed by atoms with Gasteiger partial charge in [-0.3, -0.25) is 0 Å². The van der Waals surface area contributed by atoms with Crippen LogP contribution in [0.15, 0.2) is 33.7 Å². The summed E-state index contributed by atoms with van der Waals surface area (Å²) in [4.78, 5) is 2.40. The van der Waals surface area contributed by atoms with Crippen molar-refractivity contribution < 1.29 is 8.42 Å². The Kier molecular flexibility index (Phi) is 6.31. The molecule has 0 aliphatic heterocycles. The van der Waals surface area contributed by atoms with Gasteiger partial charge in [0.05, 0.1) is 4.90 Å². The minimum absolute atomic E-state index is 0.0601. The zero-order chi connectivity index (χ0) is 13.5. The van der Waals surface area contributed by atoms with Crippen LogP contribution >= 0.6 is 0 Å². The molecular formula is C11H17N3O2S. The first kappa shape index (κ1) is 15.5. The molecule has 0 aliphatic rings. The number of azide groups is 1. The third-order valence-corrected chi connectivity index (χ3v) is 3.18. The van der Waals surface area contributed by atoms with Gasteiger partial charge >= 0.3 is 0 Å². The Balaban J connectivity index is 0.00000121. The van der Waals surface area contributed by atoms with Gasteiger partial charge in [0.1, 0.15) is 0 Å². The van der Waals surface area contributed by atoms with E-state index in [9.17, 15) is 8.42 Å². The van der Waals surface area contributed by atoms with E-state index in [-0.39, 0.29) is 10.8 Å². The molecule has 1 aromatic carbocycles. The second-order valence-electron chi connectivity index (χ2n) is 3.34. The zero-order valence-corrected chi connectivity index (χ0v) is 11.3. The fourth-order valence-corrected chi connectivity index (χ4v) is 2.32. The van der Waals surface area contributed by atoms with Crippen LogP contribution in [-0.4, -0.2) is 8.42 Å². The van der Waals surface area contributed by atoms with Gasteiger partial charge in [-0.15, -0.1) is 0 Å². The van der Waals surface area contributed by atoms with E-state index in [4.69, 9.17) is 5.53 Å². The lowest BCUT2D eigenvalue weighted by atomic mass is 10.0. The Morgan fingerprint density at radius 2 is 1.76 bits per heavy atom. The number of sulfonamides is 1. The number of nitrogens with zero attached hydrogens (tertiary/aromatic N) is 3. The number of benzene rings is 1. The van der Waals surface area contributed by atoms with Crippen molar-refractivity contribution in [2.24, 2.45) is 4.52 Å². The summed E-state index contributed by atoms with van der Waals surface area (Å²) >= 11 is 0. The molecule has 94 valence electrons. The quantitative estimate of drug-likeness (QED) is 0.467. The molecule has 0 heterocycles. The molecular weight excluding hydrogens is 238 g/mol. The van der Waals surface area contributed by atoms with E-state index >= 15 is 0 Å². The van der Waals surface area contributed by atoms with E-state index in [0.29, 0.717) is 5.56 Å². The first-order chi connectivity index (χ1) is 7.99. The topological polar surface area (TPSA) is 82.9 Å². The van der Waals surface area contributed by atoms with Crippen molar-refractivity contribution in [2.45, 2.75) is 38.5 Å². The molecule has 6 heteroatoms. The van der Waals surface area contributed by atoms with Crippen molar-refractivity contribution >= 4 is 10.0 Å². The second-order valence-corrected chi connectivity index (χ2v) is 4.89. The normalized spacial score (nSPS) is 10.2. The number of rotatable bonds is 3. The third kappa shape index (κ3) is 4.09. The molecule has 0 fully saturated rings. The molecule has 17 heavy (non-hydrogen) atoms. The van der Waals surface area contributed by atoms with E-state index < -0.39 is 10.0 Å². The number of hydrogen-bond acceptors (Lipinski definition) is 2. The van der Waals surface area contributed by atoms with Crippen molar-refractivity contribution in [3.63, 3.8) is 0 Å². The predicted molar refractivity (Wildman–Crippen MR) is 68.2 cm³/mol. The highest BCUT2D eigenvalue weighted by Gasteiger charge is 2.17. The fraction of sp³-hybridized carbons (Fsp3) is 0.455. The lowest BCUT2D eigenvalue weighted by Crippen LogP contribution is -2.02. The lowest BCUT2D eigenvalue weighted by Gasteiger charge is -2.09. The number of hydrogen-bond donors (Lipinski definition) is 0. The monoisotopic (exact) mass is 255 g/mol. The molecule has 0 atom stereocenters. The maximum absolute atomic E-state index is 11.5. The summed E-state index contributed by atoms with van der Waals surface area (Å²) in [5, 5.41) is 0. The molecule has 0 bridgehead atoms. The van der Waals surface area contributed by atoms with Crippen molar-refractivity contribution in [1.29, 1.82) is 0 Å². The lowest BCUT2D eigenvalue weighted by molar-refractivity contribution is 0.595. The standard InChI is InChI=1S/C9H11N3O2S.C2H6/c1-7(2)8-5-3-4-6-9(8)15(13,14)12-11-10;1-2/h3-7H,1-2H3;1-2H3. The molecule has 0 radical (unpaired) electrons. The third-order valence-electron chi connectivity index (χ3n) is 1.96. The molecule has 0 aromatic heterocycles. The van der Waals surface area contributed by atoms with Crippen LogP contribution in [0.25, 0.3) is 10.4 Å². The molecule has 0 unspecified atom stereocenters. The van der Waals surface area contributed by atoms with Gasteiger partial charge < -0.3 is 0 Å². The molecule has 0 amide bonds. The SMILES string of the molecule is CC.CC(C)c1ccccc1S(=O)(=O)N=[N+]=[N-]. The first-order valence-electron chi connectivity index (χ1n) is 5.39. The van der Waals surface area contributed by atoms with Crippen LogP contribution in [0.1, 0.15) is 39.2 Å². The minimum atomic E-state index is -3.88. The van der Waals surface area contributed by atoms with Gasteiger partial charge in [0.15, 0.2) is 0 Å². The van der Waals surface area contributed by atoms with Gasteiger partial charge in [-0.2, -0.15) is 0 Å². The summed E-state index contributed by atoms with van der Waals surface area (Å²) in [5.74, 6) is 0.0601. The van der Waals surface area contributed by atoms with Crippen molar-refractivity contribution in [3.05, 3.63) is 40.3 Å². The van der Waals surface area contributed by atoms with Crippen LogP contribution in [0.2, 0.25) is 0 Å². The summed E-state index contributed by atoms with van der Waals surface area (Å²) < 4.78 is 25.9. The van der Waals surface area contributed by atoms with E-state index in [0.717, 1.165) is 0 Å². The van der Waals surface area contributed by atoms with E-state index in [1.54, 1.807) is 18.2 Å². The Morgan fingerprint density at radius 1 is 1.24 bits per heavy atom. The molecule has 0 saturated carbocycles.